The molecule has 3 aromatic rings. The van der Waals surface area contributed by atoms with Gasteiger partial charge in [0.05, 0.1) is 6.20 Å². The van der Waals surface area contributed by atoms with Gasteiger partial charge in [-0.25, -0.2) is 4.98 Å². The van der Waals surface area contributed by atoms with Crippen molar-refractivity contribution in [2.24, 2.45) is 0 Å². The number of hydrogen-bond acceptors (Lipinski definition) is 4. The van der Waals surface area contributed by atoms with Gasteiger partial charge in [0.1, 0.15) is 0 Å². The number of fused-ring (bicyclic) bond motifs is 1. The van der Waals surface area contributed by atoms with E-state index in [0.717, 1.165) is 23.2 Å². The predicted molar refractivity (Wildman–Crippen MR) is 103 cm³/mol. The lowest BCUT2D eigenvalue weighted by atomic mass is 10.1. The fourth-order valence-corrected chi connectivity index (χ4v) is 3.29. The lowest BCUT2D eigenvalue weighted by Crippen LogP contribution is -2.25. The van der Waals surface area contributed by atoms with Crippen molar-refractivity contribution in [1.29, 1.82) is 0 Å². The van der Waals surface area contributed by atoms with E-state index in [1.165, 1.54) is 0 Å². The van der Waals surface area contributed by atoms with E-state index >= 15 is 0 Å². The van der Waals surface area contributed by atoms with Gasteiger partial charge in [-0.05, 0) is 54.4 Å². The second kappa shape index (κ2) is 6.72. The standard InChI is InChI=1S/C21H19N3O3/c1-13-22-12-20(27-13)15-3-6-18(7-4-15)23-21(26)17-5-8-19-16(11-17)9-10-24(19)14(2)25/h3-8,11-12H,9-10H2,1-2H3,(H,23,26). The molecule has 0 saturated carbocycles. The highest BCUT2D eigenvalue weighted by Crippen LogP contribution is 2.29. The maximum absolute atomic E-state index is 12.6. The summed E-state index contributed by atoms with van der Waals surface area (Å²) in [5.74, 6) is 1.15. The van der Waals surface area contributed by atoms with Gasteiger partial charge in [-0.2, -0.15) is 0 Å². The van der Waals surface area contributed by atoms with Crippen molar-refractivity contribution >= 4 is 23.2 Å². The van der Waals surface area contributed by atoms with Crippen molar-refractivity contribution in [3.8, 4) is 11.3 Å². The zero-order chi connectivity index (χ0) is 19.0. The van der Waals surface area contributed by atoms with Gasteiger partial charge < -0.3 is 14.6 Å². The van der Waals surface area contributed by atoms with Crippen LogP contribution in [0.1, 0.15) is 28.7 Å². The third-order valence-electron chi connectivity index (χ3n) is 4.67. The molecule has 1 aromatic heterocycles. The number of nitrogens with one attached hydrogen (secondary N) is 1. The van der Waals surface area contributed by atoms with Crippen molar-refractivity contribution in [2.75, 3.05) is 16.8 Å². The smallest absolute Gasteiger partial charge is 0.255 e. The number of amides is 2. The molecule has 0 saturated heterocycles. The number of carbonyl (C=O) groups excluding carboxylic acids is 2. The van der Waals surface area contributed by atoms with E-state index in [1.54, 1.807) is 31.0 Å². The third kappa shape index (κ3) is 3.33. The molecule has 2 aromatic carbocycles. The van der Waals surface area contributed by atoms with E-state index in [2.05, 4.69) is 10.3 Å². The van der Waals surface area contributed by atoms with Gasteiger partial charge in [-0.3, -0.25) is 9.59 Å². The molecule has 1 aliphatic heterocycles. The lowest BCUT2D eigenvalue weighted by molar-refractivity contribution is -0.116. The van der Waals surface area contributed by atoms with Crippen LogP contribution in [0.5, 0.6) is 0 Å². The molecule has 4 rings (SSSR count). The van der Waals surface area contributed by atoms with Crippen molar-refractivity contribution in [2.45, 2.75) is 20.3 Å². The normalized spacial score (nSPS) is 12.7. The molecule has 0 radical (unpaired) electrons. The number of nitrogens with zero attached hydrogens (tertiary/aromatic N) is 2. The first kappa shape index (κ1) is 17.0. The molecule has 2 heterocycles. The molecule has 6 nitrogen and oxygen atoms in total. The van der Waals surface area contributed by atoms with Crippen LogP contribution in [0.2, 0.25) is 0 Å². The molecule has 0 atom stereocenters. The molecule has 0 fully saturated rings. The molecule has 136 valence electrons. The second-order valence-electron chi connectivity index (χ2n) is 6.54. The highest BCUT2D eigenvalue weighted by Gasteiger charge is 2.23. The minimum atomic E-state index is -0.178. The Bertz CT molecular complexity index is 1020. The Hall–Kier alpha value is -3.41. The van der Waals surface area contributed by atoms with Crippen LogP contribution >= 0.6 is 0 Å². The maximum Gasteiger partial charge on any atom is 0.255 e. The van der Waals surface area contributed by atoms with Crippen LogP contribution in [0.15, 0.2) is 53.1 Å². The molecular weight excluding hydrogens is 342 g/mol. The quantitative estimate of drug-likeness (QED) is 0.770. The number of aromatic nitrogens is 1. The molecule has 2 amide bonds. The Kier molecular flexibility index (Phi) is 4.24. The average molecular weight is 361 g/mol. The topological polar surface area (TPSA) is 75.4 Å². The van der Waals surface area contributed by atoms with Crippen molar-refractivity contribution < 1.29 is 14.0 Å². The number of carbonyl (C=O) groups is 2. The number of rotatable bonds is 3. The fourth-order valence-electron chi connectivity index (χ4n) is 3.29. The van der Waals surface area contributed by atoms with Crippen molar-refractivity contribution in [1.82, 2.24) is 4.98 Å². The molecule has 0 bridgehead atoms. The van der Waals surface area contributed by atoms with Crippen LogP contribution in [0.25, 0.3) is 11.3 Å². The van der Waals surface area contributed by atoms with Crippen LogP contribution < -0.4 is 10.2 Å². The Morgan fingerprint density at radius 1 is 1.15 bits per heavy atom. The Labute approximate surface area is 156 Å². The van der Waals surface area contributed by atoms with Gasteiger partial charge in [0, 0.05) is 42.9 Å². The summed E-state index contributed by atoms with van der Waals surface area (Å²) in [5.41, 5.74) is 4.09. The minimum Gasteiger partial charge on any atom is -0.441 e. The minimum absolute atomic E-state index is 0.0213. The van der Waals surface area contributed by atoms with E-state index in [0.29, 0.717) is 29.4 Å². The summed E-state index contributed by atoms with van der Waals surface area (Å²) in [5, 5.41) is 2.90. The first-order valence-corrected chi connectivity index (χ1v) is 8.76. The van der Waals surface area contributed by atoms with Crippen LogP contribution in [0.4, 0.5) is 11.4 Å². The van der Waals surface area contributed by atoms with Crippen LogP contribution in [-0.4, -0.2) is 23.3 Å². The van der Waals surface area contributed by atoms with E-state index in [9.17, 15) is 9.59 Å². The largest absolute Gasteiger partial charge is 0.441 e. The summed E-state index contributed by atoms with van der Waals surface area (Å²) in [7, 11) is 0. The van der Waals surface area contributed by atoms with Gasteiger partial charge in [-0.1, -0.05) is 0 Å². The summed E-state index contributed by atoms with van der Waals surface area (Å²) >= 11 is 0. The molecular formula is C21H19N3O3. The summed E-state index contributed by atoms with van der Waals surface area (Å²) < 4.78 is 5.50. The van der Waals surface area contributed by atoms with Gasteiger partial charge in [0.2, 0.25) is 5.91 Å². The van der Waals surface area contributed by atoms with E-state index in [-0.39, 0.29) is 11.8 Å². The number of anilines is 2. The Morgan fingerprint density at radius 2 is 1.93 bits per heavy atom. The molecule has 27 heavy (non-hydrogen) atoms. The lowest BCUT2D eigenvalue weighted by Gasteiger charge is -2.14. The zero-order valence-electron chi connectivity index (χ0n) is 15.2. The van der Waals surface area contributed by atoms with Gasteiger partial charge in [0.15, 0.2) is 11.7 Å². The van der Waals surface area contributed by atoms with E-state index in [1.807, 2.05) is 36.4 Å². The third-order valence-corrected chi connectivity index (χ3v) is 4.67. The van der Waals surface area contributed by atoms with Crippen molar-refractivity contribution in [3.63, 3.8) is 0 Å². The molecule has 0 unspecified atom stereocenters. The maximum atomic E-state index is 12.6. The Balaban J connectivity index is 1.49. The molecule has 0 spiro atoms. The van der Waals surface area contributed by atoms with Crippen molar-refractivity contribution in [3.05, 3.63) is 65.7 Å². The highest BCUT2D eigenvalue weighted by molar-refractivity contribution is 6.05. The van der Waals surface area contributed by atoms with E-state index in [4.69, 9.17) is 4.42 Å². The number of benzene rings is 2. The molecule has 6 heteroatoms. The van der Waals surface area contributed by atoms with Gasteiger partial charge in [-0.15, -0.1) is 0 Å². The number of oxazole rings is 1. The number of hydrogen-bond donors (Lipinski definition) is 1. The average Bonchev–Trinajstić information content (AvgIpc) is 3.28. The molecule has 0 aliphatic carbocycles. The number of aryl methyl sites for hydroxylation is 1. The highest BCUT2D eigenvalue weighted by atomic mass is 16.4. The molecule has 1 N–H and O–H groups in total. The SMILES string of the molecule is CC(=O)N1CCc2cc(C(=O)Nc3ccc(-c4cnc(C)o4)cc3)ccc21. The first-order valence-electron chi connectivity index (χ1n) is 8.76. The van der Waals surface area contributed by atoms with Gasteiger partial charge >= 0.3 is 0 Å². The first-order chi connectivity index (χ1) is 13.0. The predicted octanol–water partition coefficient (Wildman–Crippen LogP) is 3.81. The summed E-state index contributed by atoms with van der Waals surface area (Å²) in [6.07, 6.45) is 2.44. The van der Waals surface area contributed by atoms with E-state index < -0.39 is 0 Å². The van der Waals surface area contributed by atoms with Crippen LogP contribution in [0, 0.1) is 6.92 Å². The molecule has 1 aliphatic rings. The summed E-state index contributed by atoms with van der Waals surface area (Å²) in [6.45, 7) is 4.02. The fraction of sp³-hybridized carbons (Fsp3) is 0.190. The van der Waals surface area contributed by atoms with Gasteiger partial charge in [0.25, 0.3) is 5.91 Å². The van der Waals surface area contributed by atoms with Crippen LogP contribution in [0.3, 0.4) is 0 Å². The second-order valence-corrected chi connectivity index (χ2v) is 6.54. The zero-order valence-corrected chi connectivity index (χ0v) is 15.2. The Morgan fingerprint density at radius 3 is 2.59 bits per heavy atom. The van der Waals surface area contributed by atoms with Crippen LogP contribution in [-0.2, 0) is 11.2 Å². The summed E-state index contributed by atoms with van der Waals surface area (Å²) in [6, 6.07) is 12.9. The monoisotopic (exact) mass is 361 g/mol. The summed E-state index contributed by atoms with van der Waals surface area (Å²) in [4.78, 5) is 30.0.